The summed E-state index contributed by atoms with van der Waals surface area (Å²) in [6.45, 7) is 0. The second-order valence-corrected chi connectivity index (χ2v) is 8.74. The molecular formula is C20H16Cl2N4O5S. The van der Waals surface area contributed by atoms with E-state index in [1.807, 2.05) is 0 Å². The summed E-state index contributed by atoms with van der Waals surface area (Å²) in [5.74, 6) is 0.540. The van der Waals surface area contributed by atoms with Gasteiger partial charge in [-0.2, -0.15) is 5.10 Å². The Morgan fingerprint density at radius 1 is 1.06 bits per heavy atom. The number of sulfonamides is 1. The van der Waals surface area contributed by atoms with Crippen molar-refractivity contribution in [2.75, 3.05) is 17.3 Å². The molecule has 0 aliphatic rings. The molecule has 0 fully saturated rings. The van der Waals surface area contributed by atoms with Crippen molar-refractivity contribution >= 4 is 56.5 Å². The monoisotopic (exact) mass is 494 g/mol. The van der Waals surface area contributed by atoms with Crippen LogP contribution in [0.25, 0.3) is 0 Å². The van der Waals surface area contributed by atoms with Gasteiger partial charge in [0.25, 0.3) is 15.7 Å². The fraction of sp³-hybridized carbons (Fsp3) is 0.0500. The van der Waals surface area contributed by atoms with Crippen molar-refractivity contribution in [3.63, 3.8) is 0 Å². The van der Waals surface area contributed by atoms with Crippen molar-refractivity contribution in [3.8, 4) is 5.75 Å². The molecule has 0 radical (unpaired) electrons. The highest BCUT2D eigenvalue weighted by molar-refractivity contribution is 7.92. The van der Waals surface area contributed by atoms with Gasteiger partial charge in [-0.25, -0.2) is 8.42 Å². The SMILES string of the molecule is COc1ccc(NS(=O)(=O)c2cc([N+](=O)[O-])ccc2N/N=C/c2c(Cl)cccc2Cl)cc1. The van der Waals surface area contributed by atoms with E-state index in [0.717, 1.165) is 12.1 Å². The van der Waals surface area contributed by atoms with Crippen molar-refractivity contribution < 1.29 is 18.1 Å². The number of nitro groups is 1. The second kappa shape index (κ2) is 9.86. The normalized spacial score (nSPS) is 11.3. The first-order chi connectivity index (χ1) is 15.2. The van der Waals surface area contributed by atoms with Crippen LogP contribution in [0.2, 0.25) is 10.0 Å². The molecule has 9 nitrogen and oxygen atoms in total. The average molecular weight is 495 g/mol. The van der Waals surface area contributed by atoms with Crippen LogP contribution >= 0.6 is 23.2 Å². The molecule has 3 rings (SSSR count). The second-order valence-electron chi connectivity index (χ2n) is 6.28. The standard InChI is InChI=1S/C20H16Cl2N4O5S/c1-31-15-8-5-13(6-9-15)25-32(29,30)20-11-14(26(27)28)7-10-19(20)24-23-12-16-17(21)3-2-4-18(16)22/h2-12,24-25H,1H3/b23-12+. The molecule has 2 N–H and O–H groups in total. The van der Waals surface area contributed by atoms with E-state index in [1.54, 1.807) is 30.3 Å². The number of ether oxygens (including phenoxy) is 1. The molecule has 3 aromatic rings. The van der Waals surface area contributed by atoms with Crippen LogP contribution in [0.1, 0.15) is 5.56 Å². The van der Waals surface area contributed by atoms with Gasteiger partial charge >= 0.3 is 0 Å². The fourth-order valence-electron chi connectivity index (χ4n) is 2.61. The molecule has 12 heteroatoms. The number of rotatable bonds is 8. The summed E-state index contributed by atoms with van der Waals surface area (Å²) in [5.41, 5.74) is 2.86. The van der Waals surface area contributed by atoms with Gasteiger partial charge in [-0.15, -0.1) is 0 Å². The van der Waals surface area contributed by atoms with E-state index in [1.165, 1.54) is 31.5 Å². The third-order valence-electron chi connectivity index (χ3n) is 4.19. The van der Waals surface area contributed by atoms with E-state index in [0.29, 0.717) is 21.4 Å². The molecule has 0 heterocycles. The number of hydrazone groups is 1. The Hall–Kier alpha value is -3.34. The molecule has 166 valence electrons. The number of benzene rings is 3. The van der Waals surface area contributed by atoms with Crippen LogP contribution in [0, 0.1) is 10.1 Å². The summed E-state index contributed by atoms with van der Waals surface area (Å²) in [7, 11) is -2.73. The van der Waals surface area contributed by atoms with Crippen molar-refractivity contribution in [3.05, 3.63) is 86.4 Å². The minimum Gasteiger partial charge on any atom is -0.497 e. The molecule has 3 aromatic carbocycles. The first kappa shape index (κ1) is 23.3. The Bertz CT molecular complexity index is 1260. The summed E-state index contributed by atoms with van der Waals surface area (Å²) >= 11 is 12.2. The molecule has 0 aliphatic heterocycles. The fourth-order valence-corrected chi connectivity index (χ4v) is 4.34. The highest BCUT2D eigenvalue weighted by Crippen LogP contribution is 2.29. The van der Waals surface area contributed by atoms with Crippen LogP contribution in [0.5, 0.6) is 5.75 Å². The van der Waals surface area contributed by atoms with E-state index >= 15 is 0 Å². The van der Waals surface area contributed by atoms with E-state index < -0.39 is 20.6 Å². The molecule has 0 saturated heterocycles. The average Bonchev–Trinajstić information content (AvgIpc) is 2.76. The number of anilines is 2. The van der Waals surface area contributed by atoms with Gasteiger partial charge in [0.1, 0.15) is 10.6 Å². The molecule has 0 saturated carbocycles. The third kappa shape index (κ3) is 5.47. The Kier molecular flexibility index (Phi) is 7.18. The summed E-state index contributed by atoms with van der Waals surface area (Å²) < 4.78 is 33.4. The van der Waals surface area contributed by atoms with Crippen molar-refractivity contribution in [1.29, 1.82) is 0 Å². The summed E-state index contributed by atoms with van der Waals surface area (Å²) in [5, 5.41) is 15.9. The molecule has 0 amide bonds. The minimum absolute atomic E-state index is 0.0102. The summed E-state index contributed by atoms with van der Waals surface area (Å²) in [4.78, 5) is 10.1. The maximum Gasteiger partial charge on any atom is 0.270 e. The Morgan fingerprint density at radius 2 is 1.72 bits per heavy atom. The first-order valence-corrected chi connectivity index (χ1v) is 11.1. The van der Waals surface area contributed by atoms with Gasteiger partial charge in [0, 0.05) is 23.4 Å². The van der Waals surface area contributed by atoms with Crippen LogP contribution in [0.15, 0.2) is 70.7 Å². The minimum atomic E-state index is -4.21. The first-order valence-electron chi connectivity index (χ1n) is 8.89. The number of nitrogens with one attached hydrogen (secondary N) is 2. The molecule has 0 aromatic heterocycles. The molecule has 0 spiro atoms. The van der Waals surface area contributed by atoms with Gasteiger partial charge in [-0.1, -0.05) is 29.3 Å². The highest BCUT2D eigenvalue weighted by atomic mass is 35.5. The van der Waals surface area contributed by atoms with Crippen LogP contribution < -0.4 is 14.9 Å². The lowest BCUT2D eigenvalue weighted by Crippen LogP contribution is -2.15. The number of hydrogen-bond acceptors (Lipinski definition) is 7. The predicted molar refractivity (Wildman–Crippen MR) is 125 cm³/mol. The molecule has 32 heavy (non-hydrogen) atoms. The van der Waals surface area contributed by atoms with Crippen molar-refractivity contribution in [2.24, 2.45) is 5.10 Å². The Balaban J connectivity index is 1.95. The summed E-state index contributed by atoms with van der Waals surface area (Å²) in [6.07, 6.45) is 1.32. The van der Waals surface area contributed by atoms with Gasteiger partial charge in [-0.05, 0) is 42.5 Å². The quantitative estimate of drug-likeness (QED) is 0.253. The van der Waals surface area contributed by atoms with Gasteiger partial charge in [0.2, 0.25) is 0 Å². The zero-order valence-electron chi connectivity index (χ0n) is 16.5. The third-order valence-corrected chi connectivity index (χ3v) is 6.27. The van der Waals surface area contributed by atoms with Gasteiger partial charge < -0.3 is 4.74 Å². The van der Waals surface area contributed by atoms with Crippen LogP contribution in [-0.2, 0) is 10.0 Å². The summed E-state index contributed by atoms with van der Waals surface area (Å²) in [6, 6.07) is 14.4. The van der Waals surface area contributed by atoms with E-state index in [-0.39, 0.29) is 16.3 Å². The molecular weight excluding hydrogens is 479 g/mol. The number of nitrogens with zero attached hydrogens (tertiary/aromatic N) is 2. The van der Waals surface area contributed by atoms with Crippen LogP contribution in [0.4, 0.5) is 17.1 Å². The maximum absolute atomic E-state index is 13.0. The Morgan fingerprint density at radius 3 is 2.31 bits per heavy atom. The number of hydrogen-bond donors (Lipinski definition) is 2. The smallest absolute Gasteiger partial charge is 0.270 e. The van der Waals surface area contributed by atoms with Gasteiger partial charge in [-0.3, -0.25) is 20.3 Å². The van der Waals surface area contributed by atoms with Crippen LogP contribution in [-0.4, -0.2) is 26.7 Å². The van der Waals surface area contributed by atoms with Gasteiger partial charge in [0.05, 0.1) is 34.0 Å². The Labute approximate surface area is 193 Å². The largest absolute Gasteiger partial charge is 0.497 e. The van der Waals surface area contributed by atoms with Crippen molar-refractivity contribution in [2.45, 2.75) is 4.90 Å². The van der Waals surface area contributed by atoms with Crippen molar-refractivity contribution in [1.82, 2.24) is 0 Å². The topological polar surface area (TPSA) is 123 Å². The zero-order chi connectivity index (χ0) is 23.3. The molecule has 0 unspecified atom stereocenters. The lowest BCUT2D eigenvalue weighted by Gasteiger charge is -2.12. The van der Waals surface area contributed by atoms with E-state index in [4.69, 9.17) is 27.9 Å². The molecule has 0 aliphatic carbocycles. The van der Waals surface area contributed by atoms with Crippen LogP contribution in [0.3, 0.4) is 0 Å². The maximum atomic E-state index is 13.0. The number of non-ortho nitro benzene ring substituents is 1. The zero-order valence-corrected chi connectivity index (χ0v) is 18.8. The van der Waals surface area contributed by atoms with E-state index in [2.05, 4.69) is 15.2 Å². The lowest BCUT2D eigenvalue weighted by atomic mass is 10.2. The predicted octanol–water partition coefficient (Wildman–Crippen LogP) is 5.16. The number of halogens is 2. The van der Waals surface area contributed by atoms with Gasteiger partial charge in [0.15, 0.2) is 0 Å². The number of methoxy groups -OCH3 is 1. The molecule has 0 bridgehead atoms. The van der Waals surface area contributed by atoms with E-state index in [9.17, 15) is 18.5 Å². The highest BCUT2D eigenvalue weighted by Gasteiger charge is 2.23. The lowest BCUT2D eigenvalue weighted by molar-refractivity contribution is -0.385. The number of nitro benzene ring substituents is 1. The molecule has 0 atom stereocenters.